The van der Waals surface area contributed by atoms with Gasteiger partial charge in [0.05, 0.1) is 45.4 Å². The summed E-state index contributed by atoms with van der Waals surface area (Å²) < 4.78 is 70.7. The molecule has 2 aromatic carbocycles. The molecule has 10 aromatic heterocycles. The van der Waals surface area contributed by atoms with Crippen LogP contribution in [-0.2, 0) is 0 Å². The molecule has 0 amide bonds. The number of pyridine rings is 4. The number of ether oxygens (including phenoxy) is 4. The highest BCUT2D eigenvalue weighted by molar-refractivity contribution is 5.99. The quantitative estimate of drug-likeness (QED) is 0.147. The Bertz CT molecular complexity index is 4410. The zero-order valence-corrected chi connectivity index (χ0v) is 43.5. The van der Waals surface area contributed by atoms with Gasteiger partial charge in [-0.05, 0) is 80.4 Å². The highest BCUT2D eigenvalue weighted by Gasteiger charge is 2.30. The molecule has 2 atom stereocenters. The maximum Gasteiger partial charge on any atom is 0.266 e. The molecule has 0 unspecified atom stereocenters. The first-order valence-corrected chi connectivity index (χ1v) is 25.5. The van der Waals surface area contributed by atoms with E-state index in [-0.39, 0.29) is 34.1 Å². The SMILES string of the molecule is C[C@@H](c1nc2ccc(F)cn2c(=O)c1-c1cccc(F)c1)n1nc(-c2cnc3c(c2)OCCO3)c2c(N)ncnc21.Cc1cccc(-c2c([C@@H](C)n3nc(-c4cnc5c(c4)OCCO5)c4c(N)ncnc43)nc3ccc(F)cn3c2=O)c1. The van der Waals surface area contributed by atoms with E-state index in [0.717, 1.165) is 22.4 Å². The van der Waals surface area contributed by atoms with Crippen LogP contribution in [0.15, 0.2) is 132 Å². The van der Waals surface area contributed by atoms with Crippen molar-refractivity contribution in [3.63, 3.8) is 0 Å². The fourth-order valence-corrected chi connectivity index (χ4v) is 10.1. The second-order valence-electron chi connectivity index (χ2n) is 19.2. The van der Waals surface area contributed by atoms with Gasteiger partial charge < -0.3 is 30.4 Å². The van der Waals surface area contributed by atoms with E-state index in [9.17, 15) is 22.8 Å². The number of rotatable bonds is 8. The fourth-order valence-electron chi connectivity index (χ4n) is 10.1. The molecule has 12 heterocycles. The lowest BCUT2D eigenvalue weighted by Crippen LogP contribution is -2.23. The van der Waals surface area contributed by atoms with Crippen molar-refractivity contribution >= 4 is 45.0 Å². The van der Waals surface area contributed by atoms with Crippen molar-refractivity contribution in [2.24, 2.45) is 0 Å². The number of hydrogen-bond donors (Lipinski definition) is 2. The highest BCUT2D eigenvalue weighted by Crippen LogP contribution is 2.40. The van der Waals surface area contributed by atoms with E-state index in [2.05, 4.69) is 29.9 Å². The second-order valence-corrected chi connectivity index (χ2v) is 19.2. The smallest absolute Gasteiger partial charge is 0.266 e. The lowest BCUT2D eigenvalue weighted by Gasteiger charge is -2.18. The third-order valence-corrected chi connectivity index (χ3v) is 14.0. The van der Waals surface area contributed by atoms with Gasteiger partial charge in [0.15, 0.2) is 22.8 Å². The monoisotopic (exact) mass is 1100 g/mol. The summed E-state index contributed by atoms with van der Waals surface area (Å²) in [6, 6.07) is 20.7. The minimum absolute atomic E-state index is 0.0910. The first-order valence-electron chi connectivity index (χ1n) is 25.5. The number of anilines is 2. The lowest BCUT2D eigenvalue weighted by atomic mass is 10.00. The topological polar surface area (TPSA) is 271 Å². The molecule has 2 aliphatic heterocycles. The van der Waals surface area contributed by atoms with Crippen LogP contribution in [0.2, 0.25) is 0 Å². The van der Waals surface area contributed by atoms with E-state index in [0.29, 0.717) is 117 Å². The second kappa shape index (κ2) is 20.1. The summed E-state index contributed by atoms with van der Waals surface area (Å²) >= 11 is 0. The van der Waals surface area contributed by atoms with Gasteiger partial charge in [-0.2, -0.15) is 10.2 Å². The Morgan fingerprint density at radius 2 is 0.988 bits per heavy atom. The largest absolute Gasteiger partial charge is 0.484 e. The zero-order valence-electron chi connectivity index (χ0n) is 43.5. The van der Waals surface area contributed by atoms with E-state index >= 15 is 0 Å². The van der Waals surface area contributed by atoms with Gasteiger partial charge in [-0.25, -0.2) is 62.4 Å². The summed E-state index contributed by atoms with van der Waals surface area (Å²) in [5.41, 5.74) is 18.2. The Morgan fingerprint density at radius 1 is 0.524 bits per heavy atom. The van der Waals surface area contributed by atoms with Crippen LogP contribution in [0.1, 0.15) is 42.9 Å². The fraction of sp³-hybridized carbons (Fsp3) is 0.158. The van der Waals surface area contributed by atoms with E-state index < -0.39 is 40.7 Å². The molecule has 0 saturated carbocycles. The maximum atomic E-state index is 14.3. The van der Waals surface area contributed by atoms with Crippen molar-refractivity contribution in [1.29, 1.82) is 0 Å². The normalized spacial score (nSPS) is 13.5. The minimum atomic E-state index is -0.716. The number of nitrogens with zero attached hydrogens (tertiary/aromatic N) is 14. The number of nitrogens with two attached hydrogens (primary N) is 2. The van der Waals surface area contributed by atoms with Crippen LogP contribution in [0, 0.1) is 24.4 Å². The van der Waals surface area contributed by atoms with Gasteiger partial charge in [-0.3, -0.25) is 18.4 Å². The van der Waals surface area contributed by atoms with Crippen LogP contribution < -0.4 is 41.5 Å². The van der Waals surface area contributed by atoms with E-state index in [1.807, 2.05) is 38.1 Å². The predicted octanol–water partition coefficient (Wildman–Crippen LogP) is 7.78. The molecule has 12 aromatic rings. The van der Waals surface area contributed by atoms with Crippen molar-refractivity contribution in [2.75, 3.05) is 37.9 Å². The Balaban J connectivity index is 0.000000154. The molecule has 0 spiro atoms. The molecule has 22 nitrogen and oxygen atoms in total. The average molecular weight is 1110 g/mol. The van der Waals surface area contributed by atoms with Gasteiger partial charge in [-0.1, -0.05) is 42.0 Å². The molecule has 4 N–H and O–H groups in total. The highest BCUT2D eigenvalue weighted by atomic mass is 19.1. The van der Waals surface area contributed by atoms with Crippen molar-refractivity contribution in [3.8, 4) is 68.0 Å². The Morgan fingerprint density at radius 3 is 1.46 bits per heavy atom. The average Bonchev–Trinajstić information content (AvgIpc) is 3.89. The molecular formula is C57H43F3N16O6. The van der Waals surface area contributed by atoms with Crippen molar-refractivity contribution in [2.45, 2.75) is 32.9 Å². The van der Waals surface area contributed by atoms with Crippen molar-refractivity contribution < 1.29 is 32.1 Å². The van der Waals surface area contributed by atoms with Crippen LogP contribution in [-0.4, -0.2) is 94.7 Å². The van der Waals surface area contributed by atoms with E-state index in [1.165, 1.54) is 59.5 Å². The molecule has 14 rings (SSSR count). The summed E-state index contributed by atoms with van der Waals surface area (Å²) in [4.78, 5) is 63.2. The summed E-state index contributed by atoms with van der Waals surface area (Å²) in [6.07, 6.45) is 8.08. The van der Waals surface area contributed by atoms with Gasteiger partial charge >= 0.3 is 0 Å². The van der Waals surface area contributed by atoms with Crippen LogP contribution >= 0.6 is 0 Å². The Labute approximate surface area is 460 Å². The minimum Gasteiger partial charge on any atom is -0.484 e. The zero-order chi connectivity index (χ0) is 56.5. The van der Waals surface area contributed by atoms with Gasteiger partial charge in [0.1, 0.15) is 90.9 Å². The third kappa shape index (κ3) is 8.79. The molecule has 0 bridgehead atoms. The molecule has 0 aliphatic carbocycles. The molecule has 25 heteroatoms. The van der Waals surface area contributed by atoms with Crippen LogP contribution in [0.4, 0.5) is 24.8 Å². The molecular weight excluding hydrogens is 1060 g/mol. The summed E-state index contributed by atoms with van der Waals surface area (Å²) in [5.74, 6) is 0.464. The standard InChI is InChI=1S/C29H23FN8O3.C28H20F2N8O3/c1-15-4-3-5-17(10-15)22-24(35-21-7-6-19(30)13-37(21)29(22)39)16(2)38-27-23(26(31)33-14-34-27)25(36-38)18-11-20-28(32-12-18)41-9-8-40-20;1-14(23-21(15-3-2-4-17(29)9-15)28(39)37-12-18(30)5-6-20(37)35-23)38-26-22(25(31)33-13-34-26)24(36-38)16-10-19-27(32-11-16)41-8-7-40-19/h3-7,10-14,16H,8-9H2,1-2H3,(H2,31,33,34);2-6,9-14H,7-8H2,1H3,(H2,31,33,34)/t16-;14-/m10/s1. The number of benzene rings is 2. The van der Waals surface area contributed by atoms with Gasteiger partial charge in [0.2, 0.25) is 0 Å². The molecule has 0 saturated heterocycles. The Kier molecular flexibility index (Phi) is 12.4. The first kappa shape index (κ1) is 50.6. The predicted molar refractivity (Wildman–Crippen MR) is 294 cm³/mol. The Hall–Kier alpha value is -10.9. The summed E-state index contributed by atoms with van der Waals surface area (Å²) in [5, 5.41) is 10.7. The molecule has 82 heavy (non-hydrogen) atoms. The number of halogens is 3. The molecule has 0 fully saturated rings. The maximum absolute atomic E-state index is 14.3. The van der Waals surface area contributed by atoms with Crippen LogP contribution in [0.25, 0.3) is 78.1 Å². The third-order valence-electron chi connectivity index (χ3n) is 14.0. The lowest BCUT2D eigenvalue weighted by molar-refractivity contribution is 0.164. The number of fused-ring (bicyclic) bond motifs is 6. The number of aromatic nitrogens is 14. The number of hydrogen-bond acceptors (Lipinski definition) is 18. The molecule has 2 aliphatic rings. The van der Waals surface area contributed by atoms with Gasteiger partial charge in [-0.15, -0.1) is 0 Å². The van der Waals surface area contributed by atoms with E-state index in [1.54, 1.807) is 46.9 Å². The molecule has 408 valence electrons. The summed E-state index contributed by atoms with van der Waals surface area (Å²) in [7, 11) is 0. The van der Waals surface area contributed by atoms with Gasteiger partial charge in [0.25, 0.3) is 22.9 Å². The molecule has 0 radical (unpaired) electrons. The van der Waals surface area contributed by atoms with Crippen molar-refractivity contribution in [1.82, 2.24) is 68.2 Å². The first-order chi connectivity index (χ1) is 39.8. The van der Waals surface area contributed by atoms with Crippen LogP contribution in [0.3, 0.4) is 0 Å². The van der Waals surface area contributed by atoms with Crippen LogP contribution in [0.5, 0.6) is 23.3 Å². The number of nitrogen functional groups attached to an aromatic ring is 2. The summed E-state index contributed by atoms with van der Waals surface area (Å²) in [6.45, 7) is 7.19. The van der Waals surface area contributed by atoms with E-state index in [4.69, 9.17) is 50.6 Å². The van der Waals surface area contributed by atoms with Crippen molar-refractivity contribution in [3.05, 3.63) is 177 Å². The number of aryl methyl sites for hydroxylation is 1. The van der Waals surface area contributed by atoms with Gasteiger partial charge in [0, 0.05) is 35.9 Å².